The Morgan fingerprint density at radius 1 is 1.33 bits per heavy atom. The minimum atomic E-state index is 0.819. The van der Waals surface area contributed by atoms with Crippen LogP contribution in [0.5, 0.6) is 0 Å². The molecular weight excluding hydrogens is 208 g/mol. The quantitative estimate of drug-likeness (QED) is 0.759. The highest BCUT2D eigenvalue weighted by molar-refractivity contribution is 6.35. The molecule has 0 amide bonds. The molecule has 0 saturated carbocycles. The van der Waals surface area contributed by atoms with Crippen LogP contribution < -0.4 is 0 Å². The van der Waals surface area contributed by atoms with E-state index in [0.717, 1.165) is 17.1 Å². The second-order valence-electron chi connectivity index (χ2n) is 4.11. The van der Waals surface area contributed by atoms with Crippen LogP contribution >= 0.6 is 11.6 Å². The van der Waals surface area contributed by atoms with Crippen LogP contribution in [-0.2, 0) is 13.6 Å². The van der Waals surface area contributed by atoms with Crippen molar-refractivity contribution in [2.45, 2.75) is 6.54 Å². The Bertz CT molecular complexity index is 486. The maximum Gasteiger partial charge on any atom is 0.0669 e. The maximum atomic E-state index is 6.18. The average Bonchev–Trinajstić information content (AvgIpc) is 2.44. The predicted molar refractivity (Wildman–Crippen MR) is 65.3 cm³/mol. The third-order valence-corrected chi connectivity index (χ3v) is 2.89. The van der Waals surface area contributed by atoms with Crippen molar-refractivity contribution in [1.29, 1.82) is 0 Å². The fraction of sp³-hybridized carbons (Fsp3) is 0.333. The number of aryl methyl sites for hydroxylation is 1. The van der Waals surface area contributed by atoms with E-state index < -0.39 is 0 Å². The lowest BCUT2D eigenvalue weighted by Gasteiger charge is -2.10. The van der Waals surface area contributed by atoms with Gasteiger partial charge in [0.2, 0.25) is 0 Å². The van der Waals surface area contributed by atoms with Crippen molar-refractivity contribution in [3.05, 3.63) is 35.0 Å². The molecule has 15 heavy (non-hydrogen) atoms. The Morgan fingerprint density at radius 3 is 2.67 bits per heavy atom. The Kier molecular flexibility index (Phi) is 2.72. The summed E-state index contributed by atoms with van der Waals surface area (Å²) in [5.74, 6) is 0. The summed E-state index contributed by atoms with van der Waals surface area (Å²) < 4.78 is 2.16. The van der Waals surface area contributed by atoms with E-state index in [0.29, 0.717) is 0 Å². The Balaban J connectivity index is 2.59. The fourth-order valence-electron chi connectivity index (χ4n) is 1.90. The molecule has 0 aliphatic rings. The first-order valence-corrected chi connectivity index (χ1v) is 5.35. The van der Waals surface area contributed by atoms with E-state index in [9.17, 15) is 0 Å². The third-order valence-electron chi connectivity index (χ3n) is 2.58. The Labute approximate surface area is 95.1 Å². The normalized spacial score (nSPS) is 11.5. The van der Waals surface area contributed by atoms with Crippen LogP contribution in [0.25, 0.3) is 10.9 Å². The lowest BCUT2D eigenvalue weighted by Crippen LogP contribution is -2.13. The number of halogens is 1. The molecule has 3 heteroatoms. The van der Waals surface area contributed by atoms with Gasteiger partial charge in [-0.3, -0.25) is 0 Å². The highest BCUT2D eigenvalue weighted by atomic mass is 35.5. The highest BCUT2D eigenvalue weighted by Gasteiger charge is 2.08. The maximum absolute atomic E-state index is 6.18. The molecule has 0 atom stereocenters. The summed E-state index contributed by atoms with van der Waals surface area (Å²) >= 11 is 6.18. The van der Waals surface area contributed by atoms with Crippen LogP contribution in [0.15, 0.2) is 24.3 Å². The minimum absolute atomic E-state index is 0.819. The average molecular weight is 223 g/mol. The van der Waals surface area contributed by atoms with Gasteiger partial charge >= 0.3 is 0 Å². The van der Waals surface area contributed by atoms with E-state index in [1.165, 1.54) is 11.1 Å². The van der Waals surface area contributed by atoms with Crippen LogP contribution in [0, 0.1) is 0 Å². The molecule has 0 N–H and O–H groups in total. The van der Waals surface area contributed by atoms with Crippen molar-refractivity contribution in [3.8, 4) is 0 Å². The molecule has 0 unspecified atom stereocenters. The van der Waals surface area contributed by atoms with Crippen molar-refractivity contribution in [3.63, 3.8) is 0 Å². The fourth-order valence-corrected chi connectivity index (χ4v) is 2.21. The standard InChI is InChI=1S/C12H15ClN2/c1-14(2)8-10-7-9-5-4-6-11(13)12(9)15(10)3/h4-7H,8H2,1-3H3. The van der Waals surface area contributed by atoms with Crippen LogP contribution in [0.3, 0.4) is 0 Å². The van der Waals surface area contributed by atoms with Crippen molar-refractivity contribution in [2.75, 3.05) is 14.1 Å². The third kappa shape index (κ3) is 1.87. The molecule has 1 aromatic carbocycles. The zero-order valence-corrected chi connectivity index (χ0v) is 10.0. The summed E-state index contributed by atoms with van der Waals surface area (Å²) in [5, 5.41) is 2.03. The number of fused-ring (bicyclic) bond motifs is 1. The van der Waals surface area contributed by atoms with Crippen molar-refractivity contribution < 1.29 is 0 Å². The SMILES string of the molecule is CN(C)Cc1cc2cccc(Cl)c2n1C. The second kappa shape index (κ2) is 3.87. The number of hydrogen-bond donors (Lipinski definition) is 0. The summed E-state index contributed by atoms with van der Waals surface area (Å²) in [6, 6.07) is 8.22. The number of benzene rings is 1. The van der Waals surface area contributed by atoms with Crippen LogP contribution in [0.2, 0.25) is 5.02 Å². The Morgan fingerprint density at radius 2 is 2.07 bits per heavy atom. The lowest BCUT2D eigenvalue weighted by atomic mass is 10.2. The molecular formula is C12H15ClN2. The summed E-state index contributed by atoms with van der Waals surface area (Å²) in [6.07, 6.45) is 0. The number of aromatic nitrogens is 1. The molecule has 80 valence electrons. The summed E-state index contributed by atoms with van der Waals surface area (Å²) in [6.45, 7) is 0.932. The lowest BCUT2D eigenvalue weighted by molar-refractivity contribution is 0.392. The molecule has 2 nitrogen and oxygen atoms in total. The first-order valence-electron chi connectivity index (χ1n) is 4.97. The molecule has 2 rings (SSSR count). The molecule has 2 aromatic rings. The van der Waals surface area contributed by atoms with Crippen LogP contribution in [-0.4, -0.2) is 23.6 Å². The molecule has 0 fully saturated rings. The smallest absolute Gasteiger partial charge is 0.0669 e. The molecule has 0 radical (unpaired) electrons. The molecule has 1 heterocycles. The number of rotatable bonds is 2. The molecule has 0 saturated heterocycles. The molecule has 0 aliphatic carbocycles. The summed E-state index contributed by atoms with van der Waals surface area (Å²) in [5.41, 5.74) is 2.40. The van der Waals surface area contributed by atoms with Gasteiger partial charge in [-0.2, -0.15) is 0 Å². The summed E-state index contributed by atoms with van der Waals surface area (Å²) in [4.78, 5) is 2.15. The molecule has 0 bridgehead atoms. The van der Waals surface area contributed by atoms with Crippen LogP contribution in [0.4, 0.5) is 0 Å². The van der Waals surface area contributed by atoms with E-state index in [1.807, 2.05) is 12.1 Å². The van der Waals surface area contributed by atoms with Gasteiger partial charge in [0.05, 0.1) is 10.5 Å². The van der Waals surface area contributed by atoms with Crippen molar-refractivity contribution in [1.82, 2.24) is 9.47 Å². The largest absolute Gasteiger partial charge is 0.345 e. The zero-order chi connectivity index (χ0) is 11.0. The van der Waals surface area contributed by atoms with Gasteiger partial charge in [0, 0.05) is 24.7 Å². The number of nitrogens with zero attached hydrogens (tertiary/aromatic N) is 2. The van der Waals surface area contributed by atoms with E-state index in [1.54, 1.807) is 0 Å². The van der Waals surface area contributed by atoms with Gasteiger partial charge in [0.1, 0.15) is 0 Å². The van der Waals surface area contributed by atoms with E-state index >= 15 is 0 Å². The van der Waals surface area contributed by atoms with Gasteiger partial charge in [-0.15, -0.1) is 0 Å². The molecule has 0 aliphatic heterocycles. The first-order chi connectivity index (χ1) is 7.09. The van der Waals surface area contributed by atoms with Gasteiger partial charge in [0.25, 0.3) is 0 Å². The van der Waals surface area contributed by atoms with Crippen molar-refractivity contribution >= 4 is 22.5 Å². The first kappa shape index (κ1) is 10.5. The predicted octanol–water partition coefficient (Wildman–Crippen LogP) is 2.89. The monoisotopic (exact) mass is 222 g/mol. The van der Waals surface area contributed by atoms with Gasteiger partial charge in [-0.25, -0.2) is 0 Å². The summed E-state index contributed by atoms with van der Waals surface area (Å²) in [7, 11) is 6.20. The minimum Gasteiger partial charge on any atom is -0.345 e. The van der Waals surface area contributed by atoms with E-state index in [4.69, 9.17) is 11.6 Å². The second-order valence-corrected chi connectivity index (χ2v) is 4.52. The van der Waals surface area contributed by atoms with Gasteiger partial charge < -0.3 is 9.47 Å². The van der Waals surface area contributed by atoms with Crippen LogP contribution in [0.1, 0.15) is 5.69 Å². The molecule has 1 aromatic heterocycles. The van der Waals surface area contributed by atoms with E-state index in [-0.39, 0.29) is 0 Å². The Hall–Kier alpha value is -0.990. The van der Waals surface area contributed by atoms with Gasteiger partial charge in [-0.05, 0) is 26.2 Å². The van der Waals surface area contributed by atoms with E-state index in [2.05, 4.69) is 42.7 Å². The van der Waals surface area contributed by atoms with Crippen molar-refractivity contribution in [2.24, 2.45) is 7.05 Å². The number of para-hydroxylation sites is 1. The number of hydrogen-bond acceptors (Lipinski definition) is 1. The van der Waals surface area contributed by atoms with Gasteiger partial charge in [0.15, 0.2) is 0 Å². The highest BCUT2D eigenvalue weighted by Crippen LogP contribution is 2.26. The topological polar surface area (TPSA) is 8.17 Å². The zero-order valence-electron chi connectivity index (χ0n) is 9.29. The van der Waals surface area contributed by atoms with Gasteiger partial charge in [-0.1, -0.05) is 23.7 Å². The molecule has 0 spiro atoms.